The highest BCUT2D eigenvalue weighted by Gasteiger charge is 2.34. The fourth-order valence-corrected chi connectivity index (χ4v) is 2.95. The van der Waals surface area contributed by atoms with Crippen molar-refractivity contribution < 1.29 is 9.59 Å². The zero-order chi connectivity index (χ0) is 16.1. The Morgan fingerprint density at radius 3 is 2.35 bits per heavy atom. The Labute approximate surface area is 136 Å². The zero-order valence-electron chi connectivity index (χ0n) is 12.9. The fraction of sp³-hybridized carbons (Fsp3) is 0.263. The number of carbonyl (C=O) groups is 2. The molecule has 2 aromatic carbocycles. The monoisotopic (exact) mass is 308 g/mol. The number of nitrogens with one attached hydrogen (secondary N) is 1. The molecule has 1 fully saturated rings. The molecule has 1 saturated heterocycles. The normalized spacial score (nSPS) is 17.0. The minimum absolute atomic E-state index is 0.0259. The van der Waals surface area contributed by atoms with Crippen molar-refractivity contribution in [3.63, 3.8) is 0 Å². The average Bonchev–Trinajstić information content (AvgIpc) is 3.10. The van der Waals surface area contributed by atoms with Crippen LogP contribution in [0.15, 0.2) is 60.7 Å². The maximum absolute atomic E-state index is 12.6. The van der Waals surface area contributed by atoms with Gasteiger partial charge in [0.05, 0.1) is 6.04 Å². The maximum atomic E-state index is 12.6. The Hall–Kier alpha value is -2.62. The molecular formula is C19H20N2O2. The van der Waals surface area contributed by atoms with E-state index in [2.05, 4.69) is 5.32 Å². The van der Waals surface area contributed by atoms with E-state index in [9.17, 15) is 9.59 Å². The van der Waals surface area contributed by atoms with Crippen molar-refractivity contribution in [2.45, 2.75) is 25.4 Å². The third-order valence-corrected chi connectivity index (χ3v) is 4.16. The van der Waals surface area contributed by atoms with E-state index in [4.69, 9.17) is 0 Å². The van der Waals surface area contributed by atoms with Gasteiger partial charge in [0, 0.05) is 18.7 Å². The van der Waals surface area contributed by atoms with Gasteiger partial charge in [-0.2, -0.15) is 0 Å². The first-order valence-corrected chi connectivity index (χ1v) is 7.93. The lowest BCUT2D eigenvalue weighted by Crippen LogP contribution is -2.45. The summed E-state index contributed by atoms with van der Waals surface area (Å²) in [4.78, 5) is 26.7. The van der Waals surface area contributed by atoms with Crippen molar-refractivity contribution in [1.82, 2.24) is 10.2 Å². The van der Waals surface area contributed by atoms with E-state index in [-0.39, 0.29) is 17.9 Å². The average molecular weight is 308 g/mol. The molecule has 3 rings (SSSR count). The molecule has 0 aliphatic carbocycles. The molecular weight excluding hydrogens is 288 g/mol. The van der Waals surface area contributed by atoms with E-state index in [1.807, 2.05) is 48.5 Å². The molecule has 0 saturated carbocycles. The quantitative estimate of drug-likeness (QED) is 0.882. The van der Waals surface area contributed by atoms with E-state index in [0.29, 0.717) is 18.7 Å². The molecule has 2 amide bonds. The molecule has 1 heterocycles. The number of rotatable bonds is 4. The summed E-state index contributed by atoms with van der Waals surface area (Å²) >= 11 is 0. The van der Waals surface area contributed by atoms with Crippen molar-refractivity contribution in [3.8, 4) is 0 Å². The van der Waals surface area contributed by atoms with Gasteiger partial charge in [0.1, 0.15) is 0 Å². The van der Waals surface area contributed by atoms with Gasteiger partial charge in [0.2, 0.25) is 0 Å². The first-order valence-electron chi connectivity index (χ1n) is 7.93. The minimum Gasteiger partial charge on any atom is -0.334 e. The number of benzene rings is 2. The van der Waals surface area contributed by atoms with Crippen LogP contribution in [-0.4, -0.2) is 29.3 Å². The summed E-state index contributed by atoms with van der Waals surface area (Å²) in [7, 11) is 0. The standard InChI is InChI=1S/C19H20N2O2/c22-18(16-10-5-2-6-11-16)17-12-7-13-21(17)19(23)20-14-15-8-3-1-4-9-15/h1-6,8-11,17H,7,12-14H2,(H,20,23). The van der Waals surface area contributed by atoms with Crippen LogP contribution in [0, 0.1) is 0 Å². The second-order valence-electron chi connectivity index (χ2n) is 5.73. The lowest BCUT2D eigenvalue weighted by molar-refractivity contribution is 0.0887. The predicted octanol–water partition coefficient (Wildman–Crippen LogP) is 3.24. The van der Waals surface area contributed by atoms with Gasteiger partial charge in [-0.05, 0) is 18.4 Å². The number of hydrogen-bond donors (Lipinski definition) is 1. The number of nitrogens with zero attached hydrogens (tertiary/aromatic N) is 1. The number of carbonyl (C=O) groups excluding carboxylic acids is 2. The van der Waals surface area contributed by atoms with Gasteiger partial charge in [0.25, 0.3) is 0 Å². The molecule has 0 radical (unpaired) electrons. The van der Waals surface area contributed by atoms with Crippen LogP contribution >= 0.6 is 0 Å². The fourth-order valence-electron chi connectivity index (χ4n) is 2.95. The number of likely N-dealkylation sites (tertiary alicyclic amines) is 1. The van der Waals surface area contributed by atoms with Crippen LogP contribution in [0.1, 0.15) is 28.8 Å². The van der Waals surface area contributed by atoms with Crippen LogP contribution < -0.4 is 5.32 Å². The summed E-state index contributed by atoms with van der Waals surface area (Å²) < 4.78 is 0. The van der Waals surface area contributed by atoms with E-state index in [1.54, 1.807) is 17.0 Å². The second-order valence-corrected chi connectivity index (χ2v) is 5.73. The largest absolute Gasteiger partial charge is 0.334 e. The summed E-state index contributed by atoms with van der Waals surface area (Å²) in [6.45, 7) is 1.10. The van der Waals surface area contributed by atoms with Crippen molar-refractivity contribution in [2.24, 2.45) is 0 Å². The number of ketones is 1. The van der Waals surface area contributed by atoms with Gasteiger partial charge in [0.15, 0.2) is 5.78 Å². The second kappa shape index (κ2) is 7.09. The lowest BCUT2D eigenvalue weighted by atomic mass is 10.0. The highest BCUT2D eigenvalue weighted by molar-refractivity contribution is 6.02. The third kappa shape index (κ3) is 3.59. The van der Waals surface area contributed by atoms with E-state index in [1.165, 1.54) is 0 Å². The number of Topliss-reactive ketones (excluding diaryl/α,β-unsaturated/α-hetero) is 1. The van der Waals surface area contributed by atoms with Crippen molar-refractivity contribution in [2.75, 3.05) is 6.54 Å². The van der Waals surface area contributed by atoms with Gasteiger partial charge in [-0.15, -0.1) is 0 Å². The molecule has 1 aliphatic rings. The highest BCUT2D eigenvalue weighted by Crippen LogP contribution is 2.21. The Morgan fingerprint density at radius 2 is 1.65 bits per heavy atom. The SMILES string of the molecule is O=C(c1ccccc1)C1CCCN1C(=O)NCc1ccccc1. The molecule has 23 heavy (non-hydrogen) atoms. The van der Waals surface area contributed by atoms with Gasteiger partial charge >= 0.3 is 6.03 Å². The molecule has 1 unspecified atom stereocenters. The predicted molar refractivity (Wildman–Crippen MR) is 89.2 cm³/mol. The molecule has 118 valence electrons. The molecule has 1 aliphatic heterocycles. The first kappa shape index (κ1) is 15.3. The van der Waals surface area contributed by atoms with Crippen LogP contribution in [0.3, 0.4) is 0 Å². The maximum Gasteiger partial charge on any atom is 0.318 e. The highest BCUT2D eigenvalue weighted by atomic mass is 16.2. The summed E-state index contributed by atoms with van der Waals surface area (Å²) in [5, 5.41) is 2.91. The van der Waals surface area contributed by atoms with Gasteiger partial charge in [-0.1, -0.05) is 60.7 Å². The van der Waals surface area contributed by atoms with Crippen LogP contribution in [0.25, 0.3) is 0 Å². The number of amides is 2. The van der Waals surface area contributed by atoms with E-state index < -0.39 is 0 Å². The summed E-state index contributed by atoms with van der Waals surface area (Å²) in [5.74, 6) is 0.0259. The third-order valence-electron chi connectivity index (χ3n) is 4.16. The lowest BCUT2D eigenvalue weighted by Gasteiger charge is -2.24. The van der Waals surface area contributed by atoms with Gasteiger partial charge in [-0.25, -0.2) is 4.79 Å². The minimum atomic E-state index is -0.354. The van der Waals surface area contributed by atoms with Gasteiger partial charge in [-0.3, -0.25) is 4.79 Å². The molecule has 1 atom stereocenters. The van der Waals surface area contributed by atoms with Crippen LogP contribution in [-0.2, 0) is 6.54 Å². The first-order chi connectivity index (χ1) is 11.3. The topological polar surface area (TPSA) is 49.4 Å². The summed E-state index contributed by atoms with van der Waals surface area (Å²) in [6.07, 6.45) is 1.59. The van der Waals surface area contributed by atoms with Crippen molar-refractivity contribution in [1.29, 1.82) is 0 Å². The molecule has 2 aromatic rings. The Morgan fingerprint density at radius 1 is 1.00 bits per heavy atom. The Kier molecular flexibility index (Phi) is 4.71. The van der Waals surface area contributed by atoms with E-state index >= 15 is 0 Å². The summed E-state index contributed by atoms with van der Waals surface area (Å²) in [5.41, 5.74) is 1.71. The summed E-state index contributed by atoms with van der Waals surface area (Å²) in [6, 6.07) is 18.4. The molecule has 4 nitrogen and oxygen atoms in total. The number of urea groups is 1. The Balaban J connectivity index is 1.64. The van der Waals surface area contributed by atoms with Crippen molar-refractivity contribution >= 4 is 11.8 Å². The van der Waals surface area contributed by atoms with Crippen molar-refractivity contribution in [3.05, 3.63) is 71.8 Å². The van der Waals surface area contributed by atoms with Crippen LogP contribution in [0.4, 0.5) is 4.79 Å². The van der Waals surface area contributed by atoms with Crippen LogP contribution in [0.5, 0.6) is 0 Å². The number of hydrogen-bond acceptors (Lipinski definition) is 2. The molecule has 1 N–H and O–H groups in total. The van der Waals surface area contributed by atoms with Gasteiger partial charge < -0.3 is 10.2 Å². The smallest absolute Gasteiger partial charge is 0.318 e. The van der Waals surface area contributed by atoms with Crippen LogP contribution in [0.2, 0.25) is 0 Å². The molecule has 0 spiro atoms. The van der Waals surface area contributed by atoms with E-state index in [0.717, 1.165) is 18.4 Å². The molecule has 0 bridgehead atoms. The zero-order valence-corrected chi connectivity index (χ0v) is 12.9. The Bertz CT molecular complexity index is 670. The molecule has 4 heteroatoms. The molecule has 0 aromatic heterocycles.